The summed E-state index contributed by atoms with van der Waals surface area (Å²) in [5, 5.41) is 5.26. The lowest BCUT2D eigenvalue weighted by atomic mass is 9.95. The van der Waals surface area contributed by atoms with E-state index in [1.54, 1.807) is 30.3 Å². The van der Waals surface area contributed by atoms with Crippen molar-refractivity contribution in [2.45, 2.75) is 68.6 Å². The minimum absolute atomic E-state index is 0.0568. The fraction of sp³-hybridized carbons (Fsp3) is 0.435. The maximum Gasteiger partial charge on any atom is 0.264 e. The summed E-state index contributed by atoms with van der Waals surface area (Å²) in [6.45, 7) is 9.98. The van der Waals surface area contributed by atoms with Crippen LogP contribution in [0.25, 0.3) is 11.3 Å². The third-order valence-electron chi connectivity index (χ3n) is 13.7. The predicted octanol–water partition coefficient (Wildman–Crippen LogP) is 3.83. The van der Waals surface area contributed by atoms with Crippen LogP contribution in [0, 0.1) is 11.6 Å². The molecule has 0 saturated carbocycles. The van der Waals surface area contributed by atoms with E-state index in [9.17, 15) is 27.6 Å². The summed E-state index contributed by atoms with van der Waals surface area (Å²) in [6.07, 6.45) is 2.93. The van der Waals surface area contributed by atoms with Crippen molar-refractivity contribution in [1.29, 1.82) is 0 Å². The number of piperazine rings is 1. The fourth-order valence-corrected chi connectivity index (χ4v) is 11.6. The molecule has 20 heteroatoms. The monoisotopic (exact) mass is 924 g/mol. The first-order valence-corrected chi connectivity index (χ1v) is 23.9. The second kappa shape index (κ2) is 17.3. The zero-order chi connectivity index (χ0) is 46.0. The van der Waals surface area contributed by atoms with E-state index in [0.29, 0.717) is 87.1 Å². The molecule has 17 nitrogen and oxygen atoms in total. The number of aromatic nitrogens is 2. The first kappa shape index (κ1) is 43.8. The first-order chi connectivity index (χ1) is 31.7. The predicted molar refractivity (Wildman–Crippen MR) is 239 cm³/mol. The molecule has 6 aliphatic heterocycles. The maximum absolute atomic E-state index is 15.2. The lowest BCUT2D eigenvalue weighted by Crippen LogP contribution is -2.66. The quantitative estimate of drug-likeness (QED) is 0.219. The smallest absolute Gasteiger partial charge is 0.264 e. The molecule has 7 heterocycles. The van der Waals surface area contributed by atoms with Crippen molar-refractivity contribution in [3.05, 3.63) is 83.6 Å². The highest BCUT2D eigenvalue weighted by molar-refractivity contribution is 7.89. The second-order valence-electron chi connectivity index (χ2n) is 17.9. The summed E-state index contributed by atoms with van der Waals surface area (Å²) < 4.78 is 64.9. The van der Waals surface area contributed by atoms with E-state index in [1.165, 1.54) is 22.5 Å². The van der Waals surface area contributed by atoms with E-state index in [1.807, 2.05) is 24.8 Å². The molecular weight excluding hydrogens is 875 g/mol. The number of carbonyl (C=O) groups is 4. The van der Waals surface area contributed by atoms with Crippen LogP contribution >= 0.6 is 0 Å². The van der Waals surface area contributed by atoms with E-state index in [-0.39, 0.29) is 52.3 Å². The normalized spacial score (nSPS) is 21.5. The SMILES string of the molecule is CC(C)N1CCOc2c(F)cc(-c3nc(Nc4ccc(S(=O)(=O)N5CCN(C6CN(C7CCN(c8cccc9c8C(=O)N(C8CCC(=O)NC8=O)C9=O)CC7)C6)CC5)cc4)ncc3F)cc21. The molecule has 2 N–H and O–H groups in total. The summed E-state index contributed by atoms with van der Waals surface area (Å²) in [7, 11) is -3.78. The Bertz CT molecular complexity index is 2720. The largest absolute Gasteiger partial charge is 0.486 e. The van der Waals surface area contributed by atoms with Crippen molar-refractivity contribution in [3.8, 4) is 17.0 Å². The number of ether oxygens (including phenoxy) is 1. The molecule has 10 rings (SSSR count). The first-order valence-electron chi connectivity index (χ1n) is 22.5. The standard InChI is InChI=1S/C46H50F2N10O7S/c1-27(2)57-20-21-65-42-34(47)22-28(23-38(42)57)41-35(48)24-49-46(52-41)50-29-6-8-32(9-7-29)66(63,64)56-18-16-53(17-19-56)31-25-55(26-31)30-12-14-54(15-13-30)36-5-3-4-33-40(36)45(62)58(44(33)61)37-10-11-39(59)51-43(37)60/h3-9,22-24,27,30-31,37H,10-21,25-26H2,1-2H3,(H,49,50,52)(H,51,59,60). The molecule has 1 aromatic heterocycles. The van der Waals surface area contributed by atoms with Crippen LogP contribution < -0.4 is 25.2 Å². The molecule has 1 unspecified atom stereocenters. The zero-order valence-electron chi connectivity index (χ0n) is 36.6. The highest BCUT2D eigenvalue weighted by Crippen LogP contribution is 2.40. The number of amides is 4. The third kappa shape index (κ3) is 7.92. The Morgan fingerprint density at radius 3 is 2.27 bits per heavy atom. The summed E-state index contributed by atoms with van der Waals surface area (Å²) in [6, 6.07) is 14.1. The van der Waals surface area contributed by atoms with Gasteiger partial charge in [-0.05, 0) is 81.6 Å². The lowest BCUT2D eigenvalue weighted by Gasteiger charge is -2.52. The van der Waals surface area contributed by atoms with Crippen molar-refractivity contribution in [3.63, 3.8) is 0 Å². The van der Waals surface area contributed by atoms with Gasteiger partial charge in [-0.1, -0.05) is 6.07 Å². The van der Waals surface area contributed by atoms with Crippen molar-refractivity contribution in [2.24, 2.45) is 0 Å². The number of fused-ring (bicyclic) bond motifs is 2. The molecule has 4 saturated heterocycles. The van der Waals surface area contributed by atoms with Gasteiger partial charge in [-0.3, -0.25) is 39.2 Å². The number of carbonyl (C=O) groups excluding carboxylic acids is 4. The van der Waals surface area contributed by atoms with Gasteiger partial charge in [0, 0.05) is 88.2 Å². The van der Waals surface area contributed by atoms with Crippen LogP contribution in [0.4, 0.5) is 31.8 Å². The van der Waals surface area contributed by atoms with Crippen LogP contribution in [0.15, 0.2) is 65.7 Å². The average molecular weight is 925 g/mol. The summed E-state index contributed by atoms with van der Waals surface area (Å²) in [4.78, 5) is 69.9. The van der Waals surface area contributed by atoms with Crippen molar-refractivity contribution in [2.75, 3.05) is 80.6 Å². The molecule has 4 fully saturated rings. The maximum atomic E-state index is 15.2. The average Bonchev–Trinajstić information content (AvgIpc) is 3.55. The number of likely N-dealkylation sites (tertiary alicyclic amines) is 1. The van der Waals surface area contributed by atoms with Crippen LogP contribution in [0.1, 0.15) is 60.2 Å². The lowest BCUT2D eigenvalue weighted by molar-refractivity contribution is -0.136. The summed E-state index contributed by atoms with van der Waals surface area (Å²) in [5.74, 6) is -3.21. The Balaban J connectivity index is 0.707. The van der Waals surface area contributed by atoms with Gasteiger partial charge in [0.2, 0.25) is 27.8 Å². The van der Waals surface area contributed by atoms with Gasteiger partial charge in [0.05, 0.1) is 40.1 Å². The van der Waals surface area contributed by atoms with E-state index >= 15 is 8.78 Å². The topological polar surface area (TPSA) is 181 Å². The molecule has 4 amide bonds. The van der Waals surface area contributed by atoms with Gasteiger partial charge in [0.25, 0.3) is 11.8 Å². The van der Waals surface area contributed by atoms with E-state index in [4.69, 9.17) is 4.74 Å². The number of sulfonamides is 1. The van der Waals surface area contributed by atoms with Gasteiger partial charge in [0.15, 0.2) is 17.4 Å². The van der Waals surface area contributed by atoms with Crippen LogP contribution in [0.2, 0.25) is 0 Å². The molecule has 0 radical (unpaired) electrons. The minimum Gasteiger partial charge on any atom is -0.486 e. The molecule has 0 spiro atoms. The van der Waals surface area contributed by atoms with Crippen LogP contribution in [-0.4, -0.2) is 151 Å². The van der Waals surface area contributed by atoms with E-state index in [2.05, 4.69) is 35.3 Å². The molecule has 0 aliphatic carbocycles. The van der Waals surface area contributed by atoms with Gasteiger partial charge in [-0.15, -0.1) is 0 Å². The van der Waals surface area contributed by atoms with Crippen molar-refractivity contribution in [1.82, 2.24) is 34.3 Å². The van der Waals surface area contributed by atoms with Crippen molar-refractivity contribution < 1.29 is 41.1 Å². The molecule has 66 heavy (non-hydrogen) atoms. The molecule has 3 aromatic carbocycles. The zero-order valence-corrected chi connectivity index (χ0v) is 37.4. The van der Waals surface area contributed by atoms with E-state index in [0.717, 1.165) is 37.0 Å². The number of benzene rings is 3. The van der Waals surface area contributed by atoms with Gasteiger partial charge in [-0.2, -0.15) is 4.31 Å². The van der Waals surface area contributed by atoms with Crippen molar-refractivity contribution >= 4 is 56.7 Å². The number of hydrogen-bond donors (Lipinski definition) is 2. The van der Waals surface area contributed by atoms with Gasteiger partial charge in [0.1, 0.15) is 18.3 Å². The highest BCUT2D eigenvalue weighted by atomic mass is 32.2. The van der Waals surface area contributed by atoms with Crippen LogP contribution in [0.5, 0.6) is 5.75 Å². The third-order valence-corrected chi connectivity index (χ3v) is 15.7. The summed E-state index contributed by atoms with van der Waals surface area (Å²) >= 11 is 0. The van der Waals surface area contributed by atoms with Crippen LogP contribution in [0.3, 0.4) is 0 Å². The summed E-state index contributed by atoms with van der Waals surface area (Å²) in [5.41, 5.74) is 2.43. The number of rotatable bonds is 10. The molecule has 0 bridgehead atoms. The fourth-order valence-electron chi connectivity index (χ4n) is 10.2. The number of piperidine rings is 2. The molecule has 346 valence electrons. The number of halogens is 2. The Morgan fingerprint density at radius 1 is 0.818 bits per heavy atom. The number of hydrogen-bond acceptors (Lipinski definition) is 14. The number of imide groups is 2. The molecule has 4 aromatic rings. The molecular formula is C46H50F2N10O7S. The van der Waals surface area contributed by atoms with E-state index < -0.39 is 51.3 Å². The second-order valence-corrected chi connectivity index (χ2v) is 19.8. The Kier molecular flexibility index (Phi) is 11.5. The highest BCUT2D eigenvalue weighted by Gasteiger charge is 2.47. The number of nitrogens with one attached hydrogen (secondary N) is 2. The Morgan fingerprint density at radius 2 is 1.56 bits per heavy atom. The van der Waals surface area contributed by atoms with Gasteiger partial charge >= 0.3 is 0 Å². The molecule has 1 atom stereocenters. The van der Waals surface area contributed by atoms with Gasteiger partial charge < -0.3 is 19.9 Å². The number of nitrogens with zero attached hydrogens (tertiary/aromatic N) is 8. The minimum atomic E-state index is -3.78. The Labute approximate surface area is 380 Å². The van der Waals surface area contributed by atoms with Gasteiger partial charge in [-0.25, -0.2) is 27.2 Å². The number of anilines is 4. The molecule has 6 aliphatic rings. The Hall–Kier alpha value is -6.09. The van der Waals surface area contributed by atoms with Crippen LogP contribution in [-0.2, 0) is 19.6 Å².